The van der Waals surface area contributed by atoms with E-state index in [9.17, 15) is 63.0 Å². The Morgan fingerprint density at radius 3 is 1.20 bits per heavy atom. The predicted octanol–water partition coefficient (Wildman–Crippen LogP) is 5.29. The molecule has 0 unspecified atom stereocenters. The zero-order valence-corrected chi connectivity index (χ0v) is 46.9. The normalized spacial score (nSPS) is 12.4. The van der Waals surface area contributed by atoms with Gasteiger partial charge < -0.3 is 57.3 Å². The average Bonchev–Trinajstić information content (AvgIpc) is 3.40. The molecule has 0 saturated heterocycles. The third-order valence-electron chi connectivity index (χ3n) is 11.6. The fourth-order valence-corrected chi connectivity index (χ4v) is 8.07. The first-order chi connectivity index (χ1) is 37.0. The van der Waals surface area contributed by atoms with Crippen molar-refractivity contribution in [3.8, 4) is 11.5 Å². The number of carbonyl (C=O) groups excluding carboxylic acids is 9. The van der Waals surface area contributed by atoms with E-state index in [2.05, 4.69) is 45.1 Å². The van der Waals surface area contributed by atoms with E-state index in [-0.39, 0.29) is 72.5 Å². The number of ketones is 2. The van der Waals surface area contributed by atoms with E-state index < -0.39 is 127 Å². The van der Waals surface area contributed by atoms with Crippen molar-refractivity contribution in [2.45, 2.75) is 104 Å². The van der Waals surface area contributed by atoms with E-state index in [4.69, 9.17) is 61.6 Å². The lowest BCUT2D eigenvalue weighted by Gasteiger charge is -2.25. The van der Waals surface area contributed by atoms with Crippen molar-refractivity contribution in [2.75, 3.05) is 13.2 Å². The monoisotopic (exact) mass is 1180 g/mol. The van der Waals surface area contributed by atoms with Crippen LogP contribution in [0.5, 0.6) is 11.5 Å². The summed E-state index contributed by atoms with van der Waals surface area (Å²) in [4.78, 5) is 141. The SMILES string of the molecule is C=C(CC)C(=O)c1ccc(OCC(=O)N[C@@H](CC(=O)O)C(=O)N[C@H](C(=O)NCc2cc(CNC(=O)[C@@H](NC(=O)[C@H](CC(=O)O)NC(=O)COc3ccc(C(=O)C(=C)CC)c(Cl)c3Cl)C(C)C)cc(C(N)=O)c2)C(C)C)c(Cl)c1Cl. The maximum Gasteiger partial charge on any atom is 0.305 e. The Balaban J connectivity index is 1.68. The van der Waals surface area contributed by atoms with Gasteiger partial charge in [0, 0.05) is 29.8 Å². The Morgan fingerprint density at radius 2 is 0.899 bits per heavy atom. The number of ether oxygens (including phenoxy) is 2. The molecular formula is C53H61Cl4N7O15. The van der Waals surface area contributed by atoms with Crippen molar-refractivity contribution in [1.29, 1.82) is 0 Å². The summed E-state index contributed by atoms with van der Waals surface area (Å²) in [6.07, 6.45) is -1.08. The number of nitrogens with one attached hydrogen (secondary N) is 6. The predicted molar refractivity (Wildman–Crippen MR) is 292 cm³/mol. The van der Waals surface area contributed by atoms with Crippen LogP contribution in [0.15, 0.2) is 66.8 Å². The topological polar surface area (TPSA) is 345 Å². The van der Waals surface area contributed by atoms with Crippen molar-refractivity contribution in [3.63, 3.8) is 0 Å². The van der Waals surface area contributed by atoms with Crippen LogP contribution < -0.4 is 47.1 Å². The fraction of sp³-hybridized carbons (Fsp3) is 0.377. The zero-order valence-electron chi connectivity index (χ0n) is 43.9. The van der Waals surface area contributed by atoms with Gasteiger partial charge in [-0.05, 0) is 83.3 Å². The highest BCUT2D eigenvalue weighted by atomic mass is 35.5. The molecule has 26 heteroatoms. The number of aliphatic carboxylic acids is 2. The maximum atomic E-state index is 13.6. The molecule has 0 heterocycles. The van der Waals surface area contributed by atoms with Crippen LogP contribution in [-0.4, -0.2) is 112 Å². The molecule has 0 fully saturated rings. The van der Waals surface area contributed by atoms with Crippen molar-refractivity contribution in [2.24, 2.45) is 17.6 Å². The molecule has 0 bridgehead atoms. The minimum Gasteiger partial charge on any atom is -0.482 e. The van der Waals surface area contributed by atoms with Gasteiger partial charge in [-0.15, -0.1) is 0 Å². The number of carboxylic acids is 2. The molecule has 10 N–H and O–H groups in total. The molecule has 0 spiro atoms. The lowest BCUT2D eigenvalue weighted by Crippen LogP contribution is -2.56. The number of rotatable bonds is 31. The molecule has 3 aromatic carbocycles. The summed E-state index contributed by atoms with van der Waals surface area (Å²) in [6, 6.07) is 3.51. The quantitative estimate of drug-likeness (QED) is 0.0292. The third kappa shape index (κ3) is 19.4. The van der Waals surface area contributed by atoms with Crippen LogP contribution in [-0.2, 0) is 51.4 Å². The number of carboxylic acid groups (broad SMARTS) is 2. The molecule has 0 aromatic heterocycles. The van der Waals surface area contributed by atoms with Crippen LogP contribution in [0, 0.1) is 11.8 Å². The van der Waals surface area contributed by atoms with Crippen LogP contribution in [0.2, 0.25) is 20.1 Å². The van der Waals surface area contributed by atoms with Gasteiger partial charge in [-0.25, -0.2) is 0 Å². The molecule has 79 heavy (non-hydrogen) atoms. The van der Waals surface area contributed by atoms with Gasteiger partial charge in [0.05, 0.1) is 22.9 Å². The number of primary amides is 1. The molecular weight excluding hydrogens is 1120 g/mol. The van der Waals surface area contributed by atoms with Crippen LogP contribution in [0.3, 0.4) is 0 Å². The molecule has 0 saturated carbocycles. The molecule has 426 valence electrons. The van der Waals surface area contributed by atoms with Gasteiger partial charge in [0.2, 0.25) is 29.5 Å². The Hall–Kier alpha value is -7.53. The van der Waals surface area contributed by atoms with Crippen molar-refractivity contribution in [3.05, 3.63) is 115 Å². The van der Waals surface area contributed by atoms with E-state index in [1.54, 1.807) is 41.5 Å². The summed E-state index contributed by atoms with van der Waals surface area (Å²) in [5, 5.41) is 33.2. The summed E-state index contributed by atoms with van der Waals surface area (Å²) in [5.41, 5.74) is 6.85. The second-order valence-electron chi connectivity index (χ2n) is 18.4. The summed E-state index contributed by atoms with van der Waals surface area (Å²) >= 11 is 25.2. The fourth-order valence-electron chi connectivity index (χ4n) is 7.15. The maximum absolute atomic E-state index is 13.6. The second-order valence-corrected chi connectivity index (χ2v) is 19.9. The van der Waals surface area contributed by atoms with Crippen LogP contribution in [0.4, 0.5) is 0 Å². The molecule has 4 atom stereocenters. The molecule has 3 aromatic rings. The van der Waals surface area contributed by atoms with E-state index >= 15 is 0 Å². The number of carbonyl (C=O) groups is 11. The Kier molecular flexibility index (Phi) is 25.4. The van der Waals surface area contributed by atoms with Gasteiger partial charge in [0.1, 0.15) is 45.7 Å². The van der Waals surface area contributed by atoms with E-state index in [0.29, 0.717) is 24.0 Å². The number of allylic oxidation sites excluding steroid dienone is 2. The third-order valence-corrected chi connectivity index (χ3v) is 13.4. The molecule has 0 aliphatic rings. The lowest BCUT2D eigenvalue weighted by atomic mass is 10.0. The van der Waals surface area contributed by atoms with E-state index in [1.165, 1.54) is 42.5 Å². The van der Waals surface area contributed by atoms with Crippen LogP contribution in [0.1, 0.15) is 109 Å². The molecule has 0 radical (unpaired) electrons. The number of benzene rings is 3. The highest BCUT2D eigenvalue weighted by Crippen LogP contribution is 2.37. The number of nitrogens with two attached hydrogens (primary N) is 1. The highest BCUT2D eigenvalue weighted by molar-refractivity contribution is 6.46. The minimum absolute atomic E-state index is 0.0302. The molecule has 3 rings (SSSR count). The Morgan fingerprint density at radius 1 is 0.544 bits per heavy atom. The van der Waals surface area contributed by atoms with E-state index in [1.807, 2.05) is 0 Å². The largest absolute Gasteiger partial charge is 0.482 e. The van der Waals surface area contributed by atoms with Crippen molar-refractivity contribution in [1.82, 2.24) is 31.9 Å². The van der Waals surface area contributed by atoms with Gasteiger partial charge >= 0.3 is 11.9 Å². The smallest absolute Gasteiger partial charge is 0.305 e. The van der Waals surface area contributed by atoms with Gasteiger partial charge in [-0.1, -0.05) is 107 Å². The van der Waals surface area contributed by atoms with Crippen molar-refractivity contribution < 1.29 is 72.4 Å². The minimum atomic E-state index is -1.70. The van der Waals surface area contributed by atoms with Gasteiger partial charge in [-0.2, -0.15) is 0 Å². The summed E-state index contributed by atoms with van der Waals surface area (Å²) in [5.74, 6) is -11.6. The first-order valence-electron chi connectivity index (χ1n) is 24.3. The Labute approximate surface area is 474 Å². The number of Topliss-reactive ketones (excluding diaryl/α,β-unsaturated/α-hetero) is 2. The van der Waals surface area contributed by atoms with Gasteiger partial charge in [0.15, 0.2) is 24.8 Å². The molecule has 22 nitrogen and oxygen atoms in total. The number of hydrogen-bond donors (Lipinski definition) is 9. The van der Waals surface area contributed by atoms with Crippen LogP contribution in [0.25, 0.3) is 0 Å². The van der Waals surface area contributed by atoms with E-state index in [0.717, 1.165) is 0 Å². The molecule has 7 amide bonds. The first-order valence-corrected chi connectivity index (χ1v) is 25.8. The first kappa shape index (κ1) is 65.8. The average molecular weight is 1180 g/mol. The van der Waals surface area contributed by atoms with Crippen molar-refractivity contribution >= 4 is 111 Å². The zero-order chi connectivity index (χ0) is 59.6. The van der Waals surface area contributed by atoms with Gasteiger partial charge in [0.25, 0.3) is 11.8 Å². The molecule has 0 aliphatic heterocycles. The Bertz CT molecular complexity index is 2730. The standard InChI is InChI=1S/C53H61Cl4N7O15/c1-9-26(7)47(71)31-11-13-35(43(56)41(31)54)78-22-37(65)61-33(18-39(67)68)50(74)63-45(24(3)4)52(76)59-20-28-15-29(17-30(16-28)49(58)73)21-60-53(77)46(25(5)6)64-51(75)34(19-40(69)70)62-38(66)23-79-36-14-12-32(42(55)44(36)57)48(72)27(8)10-2/h11-17,24-25,33-34,45-46H,7-10,18-23H2,1-6H3,(H2,58,73)(H,59,76)(H,60,77)(H,61,65)(H,62,66)(H,63,74)(H,64,75)(H,67,68)(H,69,70)/t33-,34-,45-,46-/m0/s1. The summed E-state index contributed by atoms with van der Waals surface area (Å²) < 4.78 is 10.9. The summed E-state index contributed by atoms with van der Waals surface area (Å²) in [7, 11) is 0. The summed E-state index contributed by atoms with van der Waals surface area (Å²) in [6.45, 7) is 15.1. The van der Waals surface area contributed by atoms with Gasteiger partial charge in [-0.3, -0.25) is 52.7 Å². The number of hydrogen-bond acceptors (Lipinski definition) is 13. The second kappa shape index (κ2) is 30.6. The number of amides is 7. The lowest BCUT2D eigenvalue weighted by molar-refractivity contribution is -0.142. The van der Waals surface area contributed by atoms with Crippen LogP contribution >= 0.6 is 46.4 Å². The highest BCUT2D eigenvalue weighted by Gasteiger charge is 2.33. The number of halogens is 4. The molecule has 0 aliphatic carbocycles.